The van der Waals surface area contributed by atoms with Gasteiger partial charge in [0.1, 0.15) is 11.6 Å². The molecule has 10 heteroatoms. The van der Waals surface area contributed by atoms with E-state index >= 15 is 0 Å². The molecule has 5 rings (SSSR count). The van der Waals surface area contributed by atoms with Crippen LogP contribution in [0, 0.1) is 11.6 Å². The van der Waals surface area contributed by atoms with Crippen molar-refractivity contribution in [1.82, 2.24) is 24.9 Å². The normalized spacial score (nSPS) is 10.8. The molecular formula is C27H20F2N6O2. The van der Waals surface area contributed by atoms with E-state index in [2.05, 4.69) is 20.8 Å². The van der Waals surface area contributed by atoms with Crippen LogP contribution in [-0.4, -0.2) is 31.4 Å². The van der Waals surface area contributed by atoms with Crippen molar-refractivity contribution in [1.29, 1.82) is 0 Å². The second-order valence-electron chi connectivity index (χ2n) is 8.08. The molecule has 2 amide bonds. The van der Waals surface area contributed by atoms with Gasteiger partial charge in [0.2, 0.25) is 0 Å². The molecule has 0 saturated heterocycles. The van der Waals surface area contributed by atoms with Gasteiger partial charge in [-0.2, -0.15) is 10.2 Å². The zero-order valence-corrected chi connectivity index (χ0v) is 19.3. The highest BCUT2D eigenvalue weighted by atomic mass is 19.1. The highest BCUT2D eigenvalue weighted by molar-refractivity contribution is 6.02. The number of anilines is 1. The van der Waals surface area contributed by atoms with Gasteiger partial charge in [-0.1, -0.05) is 12.1 Å². The van der Waals surface area contributed by atoms with E-state index < -0.39 is 5.91 Å². The number of halogens is 2. The van der Waals surface area contributed by atoms with E-state index in [0.717, 1.165) is 5.56 Å². The molecule has 2 heterocycles. The van der Waals surface area contributed by atoms with Gasteiger partial charge in [0.15, 0.2) is 11.4 Å². The van der Waals surface area contributed by atoms with Crippen molar-refractivity contribution in [3.8, 4) is 11.4 Å². The lowest BCUT2D eigenvalue weighted by Crippen LogP contribution is -2.23. The first-order chi connectivity index (χ1) is 17.9. The molecule has 184 valence electrons. The highest BCUT2D eigenvalue weighted by Gasteiger charge is 2.13. The molecule has 0 fully saturated rings. The number of benzene rings is 3. The fraction of sp³-hybridized carbons (Fsp3) is 0.0370. The van der Waals surface area contributed by atoms with Crippen molar-refractivity contribution < 1.29 is 18.4 Å². The van der Waals surface area contributed by atoms with Gasteiger partial charge >= 0.3 is 0 Å². The topological polar surface area (TPSA) is 93.8 Å². The second kappa shape index (κ2) is 10.2. The minimum Gasteiger partial charge on any atom is -0.347 e. The fourth-order valence-corrected chi connectivity index (χ4v) is 3.59. The van der Waals surface area contributed by atoms with Crippen LogP contribution in [-0.2, 0) is 6.54 Å². The number of carbonyl (C=O) groups is 2. The van der Waals surface area contributed by atoms with E-state index in [1.165, 1.54) is 33.6 Å². The fourth-order valence-electron chi connectivity index (χ4n) is 3.59. The van der Waals surface area contributed by atoms with Crippen LogP contribution in [0.15, 0.2) is 97.3 Å². The maximum absolute atomic E-state index is 13.1. The van der Waals surface area contributed by atoms with Crippen molar-refractivity contribution in [3.63, 3.8) is 0 Å². The lowest BCUT2D eigenvalue weighted by molar-refractivity contribution is 0.0944. The monoisotopic (exact) mass is 498 g/mol. The minimum atomic E-state index is -0.409. The molecule has 8 nitrogen and oxygen atoms in total. The van der Waals surface area contributed by atoms with Crippen molar-refractivity contribution in [3.05, 3.63) is 126 Å². The summed E-state index contributed by atoms with van der Waals surface area (Å²) in [6.45, 7) is 0.213. The van der Waals surface area contributed by atoms with Crippen molar-refractivity contribution in [2.45, 2.75) is 6.54 Å². The molecule has 0 spiro atoms. The van der Waals surface area contributed by atoms with E-state index in [1.807, 2.05) is 6.07 Å². The minimum absolute atomic E-state index is 0.194. The molecule has 0 aliphatic heterocycles. The maximum atomic E-state index is 13.1. The summed E-state index contributed by atoms with van der Waals surface area (Å²) in [5.41, 5.74) is 2.96. The first kappa shape index (κ1) is 23.6. The lowest BCUT2D eigenvalue weighted by atomic mass is 10.2. The number of hydrogen-bond donors (Lipinski definition) is 2. The zero-order valence-electron chi connectivity index (χ0n) is 19.3. The Morgan fingerprint density at radius 1 is 0.703 bits per heavy atom. The summed E-state index contributed by atoms with van der Waals surface area (Å²) in [6.07, 6.45) is 3.24. The third-order valence-corrected chi connectivity index (χ3v) is 5.46. The molecule has 5 aromatic rings. The lowest BCUT2D eigenvalue weighted by Gasteiger charge is -2.08. The summed E-state index contributed by atoms with van der Waals surface area (Å²) >= 11 is 0. The summed E-state index contributed by atoms with van der Waals surface area (Å²) in [5, 5.41) is 14.1. The molecule has 3 aromatic carbocycles. The Morgan fingerprint density at radius 3 is 1.81 bits per heavy atom. The molecule has 0 aliphatic carbocycles. The van der Waals surface area contributed by atoms with Gasteiger partial charge in [-0.15, -0.1) is 0 Å². The Labute approximate surface area is 210 Å². The third kappa shape index (κ3) is 5.59. The van der Waals surface area contributed by atoms with E-state index in [4.69, 9.17) is 0 Å². The molecule has 2 N–H and O–H groups in total. The average Bonchev–Trinajstić information content (AvgIpc) is 3.59. The summed E-state index contributed by atoms with van der Waals surface area (Å²) in [6, 6.07) is 21.7. The van der Waals surface area contributed by atoms with E-state index in [0.29, 0.717) is 17.1 Å². The molecule has 0 saturated carbocycles. The van der Waals surface area contributed by atoms with Crippen molar-refractivity contribution >= 4 is 17.5 Å². The number of amides is 2. The average molecular weight is 498 g/mol. The van der Waals surface area contributed by atoms with Crippen LogP contribution < -0.4 is 10.6 Å². The van der Waals surface area contributed by atoms with Gasteiger partial charge in [-0.25, -0.2) is 18.1 Å². The van der Waals surface area contributed by atoms with E-state index in [1.54, 1.807) is 67.0 Å². The molecule has 0 aliphatic rings. The Bertz CT molecular complexity index is 1560. The molecule has 0 radical (unpaired) electrons. The summed E-state index contributed by atoms with van der Waals surface area (Å²) in [5.74, 6) is -1.49. The zero-order chi connectivity index (χ0) is 25.8. The standard InChI is InChI=1S/C27H20F2N6O2/c28-19-4-8-22(9-5-19)34-14-12-24(32-34)26(36)30-17-18-2-1-3-21(16-18)31-27(37)25-13-15-35(33-25)23-10-6-20(29)7-11-23/h1-16H,17H2,(H,30,36)(H,31,37). The third-order valence-electron chi connectivity index (χ3n) is 5.46. The van der Waals surface area contributed by atoms with E-state index in [-0.39, 0.29) is 35.5 Å². The van der Waals surface area contributed by atoms with Crippen LogP contribution in [0.1, 0.15) is 26.5 Å². The Kier molecular flexibility index (Phi) is 6.54. The smallest absolute Gasteiger partial charge is 0.276 e. The van der Waals surface area contributed by atoms with Crippen LogP contribution >= 0.6 is 0 Å². The van der Waals surface area contributed by atoms with Crippen LogP contribution in [0.25, 0.3) is 11.4 Å². The second-order valence-corrected chi connectivity index (χ2v) is 8.08. The molecule has 37 heavy (non-hydrogen) atoms. The van der Waals surface area contributed by atoms with Crippen molar-refractivity contribution in [2.24, 2.45) is 0 Å². The van der Waals surface area contributed by atoms with Crippen molar-refractivity contribution in [2.75, 3.05) is 5.32 Å². The number of aromatic nitrogens is 4. The van der Waals surface area contributed by atoms with Crippen LogP contribution in [0.4, 0.5) is 14.5 Å². The summed E-state index contributed by atoms with van der Waals surface area (Å²) in [4.78, 5) is 25.2. The predicted molar refractivity (Wildman–Crippen MR) is 133 cm³/mol. The predicted octanol–water partition coefficient (Wildman–Crippen LogP) is 4.52. The summed E-state index contributed by atoms with van der Waals surface area (Å²) in [7, 11) is 0. The van der Waals surface area contributed by atoms with Crippen LogP contribution in [0.3, 0.4) is 0 Å². The number of nitrogens with zero attached hydrogens (tertiary/aromatic N) is 4. The molecule has 0 bridgehead atoms. The Hall–Kier alpha value is -5.12. The Balaban J connectivity index is 1.19. The quantitative estimate of drug-likeness (QED) is 0.345. The summed E-state index contributed by atoms with van der Waals surface area (Å²) < 4.78 is 29.2. The van der Waals surface area contributed by atoms with Crippen LogP contribution in [0.2, 0.25) is 0 Å². The van der Waals surface area contributed by atoms with Gasteiger partial charge in [-0.3, -0.25) is 9.59 Å². The Morgan fingerprint density at radius 2 is 1.24 bits per heavy atom. The van der Waals surface area contributed by atoms with E-state index in [9.17, 15) is 18.4 Å². The molecular weight excluding hydrogens is 478 g/mol. The molecule has 2 aromatic heterocycles. The number of hydrogen-bond acceptors (Lipinski definition) is 4. The van der Waals surface area contributed by atoms with Gasteiger partial charge in [0, 0.05) is 24.6 Å². The van der Waals surface area contributed by atoms with Gasteiger partial charge in [0.05, 0.1) is 11.4 Å². The maximum Gasteiger partial charge on any atom is 0.276 e. The number of carbonyl (C=O) groups excluding carboxylic acids is 2. The first-order valence-electron chi connectivity index (χ1n) is 11.3. The highest BCUT2D eigenvalue weighted by Crippen LogP contribution is 2.14. The van der Waals surface area contributed by atoms with Gasteiger partial charge in [-0.05, 0) is 78.4 Å². The number of rotatable bonds is 7. The largest absolute Gasteiger partial charge is 0.347 e. The first-order valence-corrected chi connectivity index (χ1v) is 11.3. The number of nitrogens with one attached hydrogen (secondary N) is 2. The molecule has 0 unspecified atom stereocenters. The SMILES string of the molecule is O=C(NCc1cccc(NC(=O)c2ccn(-c3ccc(F)cc3)n2)c1)c1ccn(-c2ccc(F)cc2)n1. The van der Waals surface area contributed by atoms with Crippen LogP contribution in [0.5, 0.6) is 0 Å². The van der Waals surface area contributed by atoms with Gasteiger partial charge in [0.25, 0.3) is 11.8 Å². The van der Waals surface area contributed by atoms with Gasteiger partial charge < -0.3 is 10.6 Å². The molecule has 0 atom stereocenters.